The van der Waals surface area contributed by atoms with E-state index in [4.69, 9.17) is 0 Å². The minimum absolute atomic E-state index is 0.220. The summed E-state index contributed by atoms with van der Waals surface area (Å²) in [5.41, 5.74) is 2.52. The van der Waals surface area contributed by atoms with Crippen molar-refractivity contribution in [1.29, 1.82) is 0 Å². The lowest BCUT2D eigenvalue weighted by Gasteiger charge is -2.48. The van der Waals surface area contributed by atoms with Crippen LogP contribution in [0.1, 0.15) is 17.2 Å². The summed E-state index contributed by atoms with van der Waals surface area (Å²) in [5, 5.41) is 11.3. The molecule has 3 rings (SSSR count). The first-order valence-electron chi connectivity index (χ1n) is 6.34. The molecular weight excluding hydrogens is 222 g/mol. The van der Waals surface area contributed by atoms with Crippen molar-refractivity contribution in [1.82, 2.24) is 4.90 Å². The van der Waals surface area contributed by atoms with Crippen molar-refractivity contribution in [3.8, 4) is 0 Å². The van der Waals surface area contributed by atoms with Gasteiger partial charge in [0.15, 0.2) is 0 Å². The Morgan fingerprint density at radius 3 is 1.67 bits per heavy atom. The molecule has 1 saturated heterocycles. The zero-order valence-electron chi connectivity index (χ0n) is 10.2. The Balaban J connectivity index is 1.94. The van der Waals surface area contributed by atoms with Crippen LogP contribution < -0.4 is 5.11 Å². The van der Waals surface area contributed by atoms with E-state index in [-0.39, 0.29) is 6.04 Å². The van der Waals surface area contributed by atoms with Gasteiger partial charge in [0.1, 0.15) is 0 Å². The normalized spacial score (nSPS) is 16.8. The Kier molecular flexibility index (Phi) is 3.13. The Hall–Kier alpha value is -1.64. The maximum atomic E-state index is 11.3. The molecule has 0 unspecified atom stereocenters. The molecule has 1 heterocycles. The highest BCUT2D eigenvalue weighted by Crippen LogP contribution is 2.31. The molecule has 2 heteroatoms. The molecule has 2 aromatic carbocycles. The van der Waals surface area contributed by atoms with Crippen molar-refractivity contribution in [3.05, 3.63) is 71.8 Å². The van der Waals surface area contributed by atoms with Crippen molar-refractivity contribution in [2.45, 2.75) is 12.1 Å². The van der Waals surface area contributed by atoms with Gasteiger partial charge >= 0.3 is 0 Å². The Bertz CT molecular complexity index is 452. The van der Waals surface area contributed by atoms with Gasteiger partial charge in [0.25, 0.3) is 0 Å². The zero-order valence-corrected chi connectivity index (χ0v) is 10.2. The van der Waals surface area contributed by atoms with Crippen LogP contribution in [0.5, 0.6) is 0 Å². The zero-order chi connectivity index (χ0) is 12.4. The van der Waals surface area contributed by atoms with E-state index in [0.717, 1.165) is 0 Å². The molecule has 0 saturated carbocycles. The Morgan fingerprint density at radius 2 is 1.28 bits per heavy atom. The molecule has 0 amide bonds. The van der Waals surface area contributed by atoms with Gasteiger partial charge in [-0.15, -0.1) is 6.10 Å². The standard InChI is InChI=1S/C16H16NO/c18-15-11-17(12-15)16(13-7-3-1-4-8-13)14-9-5-2-6-10-14/h1-10,15-16H,11-12H2/q-1. The van der Waals surface area contributed by atoms with Crippen molar-refractivity contribution >= 4 is 0 Å². The lowest BCUT2D eigenvalue weighted by molar-refractivity contribution is -0.446. The quantitative estimate of drug-likeness (QED) is 0.815. The topological polar surface area (TPSA) is 26.3 Å². The summed E-state index contributed by atoms with van der Waals surface area (Å²) in [7, 11) is 0. The van der Waals surface area contributed by atoms with Crippen LogP contribution in [0.15, 0.2) is 60.7 Å². The predicted octanol–water partition coefficient (Wildman–Crippen LogP) is 1.82. The van der Waals surface area contributed by atoms with Gasteiger partial charge in [-0.05, 0) is 24.2 Å². The SMILES string of the molecule is [O-]C1CN(C(c2ccccc2)c2ccccc2)C1. The van der Waals surface area contributed by atoms with Crippen LogP contribution in [-0.4, -0.2) is 24.1 Å². The largest absolute Gasteiger partial charge is 0.850 e. The van der Waals surface area contributed by atoms with Crippen LogP contribution in [0.4, 0.5) is 0 Å². The van der Waals surface area contributed by atoms with Crippen LogP contribution in [0.2, 0.25) is 0 Å². The molecule has 0 N–H and O–H groups in total. The second kappa shape index (κ2) is 4.92. The number of hydrogen-bond donors (Lipinski definition) is 0. The van der Waals surface area contributed by atoms with Gasteiger partial charge < -0.3 is 5.11 Å². The van der Waals surface area contributed by atoms with E-state index >= 15 is 0 Å². The molecular formula is C16H16NO-. The van der Waals surface area contributed by atoms with Crippen LogP contribution in [0.25, 0.3) is 0 Å². The average molecular weight is 238 g/mol. The van der Waals surface area contributed by atoms with E-state index in [1.165, 1.54) is 11.1 Å². The third kappa shape index (κ3) is 2.17. The van der Waals surface area contributed by atoms with Crippen LogP contribution >= 0.6 is 0 Å². The molecule has 18 heavy (non-hydrogen) atoms. The van der Waals surface area contributed by atoms with Crippen molar-refractivity contribution in [2.24, 2.45) is 0 Å². The van der Waals surface area contributed by atoms with Crippen molar-refractivity contribution < 1.29 is 5.11 Å². The average Bonchev–Trinajstić information content (AvgIpc) is 2.40. The highest BCUT2D eigenvalue weighted by Gasteiger charge is 2.28. The molecule has 2 aromatic rings. The predicted molar refractivity (Wildman–Crippen MR) is 70.1 cm³/mol. The molecule has 0 radical (unpaired) electrons. The minimum Gasteiger partial charge on any atom is -0.850 e. The summed E-state index contributed by atoms with van der Waals surface area (Å²) in [4.78, 5) is 2.25. The fraction of sp³-hybridized carbons (Fsp3) is 0.250. The van der Waals surface area contributed by atoms with E-state index in [1.807, 2.05) is 12.1 Å². The van der Waals surface area contributed by atoms with E-state index in [0.29, 0.717) is 13.1 Å². The number of hydrogen-bond acceptors (Lipinski definition) is 2. The van der Waals surface area contributed by atoms with E-state index in [1.54, 1.807) is 0 Å². The third-order valence-corrected chi connectivity index (χ3v) is 3.47. The number of nitrogens with zero attached hydrogens (tertiary/aromatic N) is 1. The van der Waals surface area contributed by atoms with Gasteiger partial charge in [-0.3, -0.25) is 4.90 Å². The maximum Gasteiger partial charge on any atom is 0.0601 e. The summed E-state index contributed by atoms with van der Waals surface area (Å²) < 4.78 is 0. The van der Waals surface area contributed by atoms with Gasteiger partial charge in [0, 0.05) is 0 Å². The molecule has 1 aliphatic rings. The third-order valence-electron chi connectivity index (χ3n) is 3.47. The van der Waals surface area contributed by atoms with E-state index < -0.39 is 6.10 Å². The monoisotopic (exact) mass is 238 g/mol. The van der Waals surface area contributed by atoms with Crippen molar-refractivity contribution in [3.63, 3.8) is 0 Å². The second-order valence-electron chi connectivity index (χ2n) is 4.80. The molecule has 92 valence electrons. The Labute approximate surface area is 107 Å². The highest BCUT2D eigenvalue weighted by atomic mass is 16.3. The first kappa shape index (κ1) is 11.5. The van der Waals surface area contributed by atoms with Crippen LogP contribution in [0.3, 0.4) is 0 Å². The minimum atomic E-state index is -0.417. The Morgan fingerprint density at radius 1 is 0.833 bits per heavy atom. The van der Waals surface area contributed by atoms with E-state index in [9.17, 15) is 5.11 Å². The summed E-state index contributed by atoms with van der Waals surface area (Å²) in [6.45, 7) is 1.29. The molecule has 1 aliphatic heterocycles. The highest BCUT2D eigenvalue weighted by molar-refractivity contribution is 5.32. The summed E-state index contributed by atoms with van der Waals surface area (Å²) in [6, 6.07) is 21.0. The summed E-state index contributed by atoms with van der Waals surface area (Å²) in [5.74, 6) is 0. The fourth-order valence-corrected chi connectivity index (χ4v) is 2.57. The van der Waals surface area contributed by atoms with Gasteiger partial charge in [-0.25, -0.2) is 0 Å². The first-order chi connectivity index (χ1) is 8.84. The molecule has 0 atom stereocenters. The van der Waals surface area contributed by atoms with Gasteiger partial charge in [-0.1, -0.05) is 60.7 Å². The fourth-order valence-electron chi connectivity index (χ4n) is 2.57. The maximum absolute atomic E-state index is 11.3. The van der Waals surface area contributed by atoms with Crippen molar-refractivity contribution in [2.75, 3.05) is 13.1 Å². The number of benzene rings is 2. The summed E-state index contributed by atoms with van der Waals surface area (Å²) >= 11 is 0. The van der Waals surface area contributed by atoms with Gasteiger partial charge in [-0.2, -0.15) is 0 Å². The van der Waals surface area contributed by atoms with Gasteiger partial charge in [0.2, 0.25) is 0 Å². The lowest BCUT2D eigenvalue weighted by Crippen LogP contribution is -2.58. The van der Waals surface area contributed by atoms with E-state index in [2.05, 4.69) is 53.4 Å². The molecule has 0 bridgehead atoms. The first-order valence-corrected chi connectivity index (χ1v) is 6.34. The second-order valence-corrected chi connectivity index (χ2v) is 4.80. The molecule has 2 nitrogen and oxygen atoms in total. The smallest absolute Gasteiger partial charge is 0.0601 e. The number of likely N-dealkylation sites (tertiary alicyclic amines) is 1. The van der Waals surface area contributed by atoms with Gasteiger partial charge in [0.05, 0.1) is 6.04 Å². The molecule has 0 spiro atoms. The molecule has 1 fully saturated rings. The lowest BCUT2D eigenvalue weighted by atomic mass is 9.94. The molecule has 0 aliphatic carbocycles. The number of rotatable bonds is 3. The summed E-state index contributed by atoms with van der Waals surface area (Å²) in [6.07, 6.45) is -0.417. The molecule has 0 aromatic heterocycles. The van der Waals surface area contributed by atoms with Crippen LogP contribution in [0, 0.1) is 0 Å². The van der Waals surface area contributed by atoms with Crippen LogP contribution in [-0.2, 0) is 0 Å².